The maximum atomic E-state index is 8.38. The van der Waals surface area contributed by atoms with Gasteiger partial charge in [0.05, 0.1) is 21.1 Å². The van der Waals surface area contributed by atoms with Crippen molar-refractivity contribution < 1.29 is 22.0 Å². The van der Waals surface area contributed by atoms with Gasteiger partial charge >= 0.3 is 0 Å². The van der Waals surface area contributed by atoms with Crippen molar-refractivity contribution in [3.05, 3.63) is 0 Å². The van der Waals surface area contributed by atoms with Crippen molar-refractivity contribution in [3.63, 3.8) is 0 Å². The number of hydrogen-bond acceptors (Lipinski definition) is 1. The van der Waals surface area contributed by atoms with Crippen LogP contribution in [-0.2, 0) is 0 Å². The predicted octanol–water partition coefficient (Wildman–Crippen LogP) is -2.11. The molecule has 0 rings (SSSR count). The van der Waals surface area contributed by atoms with Crippen LogP contribution in [0.1, 0.15) is 6.92 Å². The number of aliphatic hydroxyl groups excluding tert-OH is 1. The summed E-state index contributed by atoms with van der Waals surface area (Å²) in [5, 5.41) is 8.38. The first kappa shape index (κ1) is 16.8. The maximum absolute atomic E-state index is 8.38. The first-order valence-electron chi connectivity index (χ1n) is 2.95. The monoisotopic (exact) mass is 189 g/mol. The van der Waals surface area contributed by atoms with Gasteiger partial charge in [-0.15, -0.1) is 11.6 Å². The third-order valence-corrected chi connectivity index (χ3v) is 0.424. The van der Waals surface area contributed by atoms with Gasteiger partial charge in [-0.25, -0.2) is 0 Å². The lowest BCUT2D eigenvalue weighted by Crippen LogP contribution is -3.00. The van der Waals surface area contributed by atoms with E-state index in [1.54, 1.807) is 0 Å². The van der Waals surface area contributed by atoms with Crippen LogP contribution < -0.4 is 12.4 Å². The van der Waals surface area contributed by atoms with Crippen LogP contribution in [0.2, 0.25) is 0 Å². The van der Waals surface area contributed by atoms with Gasteiger partial charge in [-0.05, 0) is 0 Å². The smallest absolute Gasteiger partial charge is 0.179 e. The average Bonchev–Trinajstić information content (AvgIpc) is 1.67. The lowest BCUT2D eigenvalue weighted by molar-refractivity contribution is -0.889. The van der Waals surface area contributed by atoms with E-state index in [1.807, 2.05) is 28.1 Å². The molecular weight excluding hydrogens is 173 g/mol. The molecule has 0 fully saturated rings. The molecule has 0 aromatic carbocycles. The number of aliphatic hydroxyl groups is 1. The van der Waals surface area contributed by atoms with Crippen molar-refractivity contribution in [1.29, 1.82) is 0 Å². The van der Waals surface area contributed by atoms with E-state index in [1.165, 1.54) is 0 Å². The van der Waals surface area contributed by atoms with Crippen molar-refractivity contribution in [2.24, 2.45) is 0 Å². The van der Waals surface area contributed by atoms with Gasteiger partial charge in [-0.2, -0.15) is 0 Å². The Hall–Kier alpha value is 0.500. The number of hydrogen-bond donors (Lipinski definition) is 1. The highest BCUT2D eigenvalue weighted by Gasteiger charge is 1.99. The van der Waals surface area contributed by atoms with Gasteiger partial charge in [0.2, 0.25) is 0 Å². The fourth-order valence-corrected chi connectivity index (χ4v) is 0. The molecule has 10 heavy (non-hydrogen) atoms. The standard InChI is InChI=1S/C4H12NO.C2H5Cl.ClH/c1-5(2,3)4-6;1-2-3;/h6H,4H2,1-3H3;2H2,1H3;1H/q+1;;/p-1. The van der Waals surface area contributed by atoms with Crippen LogP contribution >= 0.6 is 11.6 Å². The van der Waals surface area contributed by atoms with Crippen molar-refractivity contribution in [2.75, 3.05) is 33.8 Å². The summed E-state index contributed by atoms with van der Waals surface area (Å²) in [5.74, 6) is 0.722. The molecule has 2 nitrogen and oxygen atoms in total. The van der Waals surface area contributed by atoms with Crippen molar-refractivity contribution >= 4 is 11.6 Å². The quantitative estimate of drug-likeness (QED) is 0.285. The Balaban J connectivity index is -0.000000107. The van der Waals surface area contributed by atoms with Crippen LogP contribution in [0.15, 0.2) is 0 Å². The SMILES string of the molecule is CCCl.C[N+](C)(C)CO.[Cl-]. The third kappa shape index (κ3) is 39.0. The van der Waals surface area contributed by atoms with Gasteiger partial charge < -0.3 is 22.0 Å². The minimum atomic E-state index is 0. The molecule has 0 aliphatic heterocycles. The molecule has 4 heteroatoms. The number of rotatable bonds is 1. The van der Waals surface area contributed by atoms with Gasteiger partial charge in [0, 0.05) is 5.88 Å². The van der Waals surface area contributed by atoms with Crippen LogP contribution in [0.4, 0.5) is 0 Å². The molecule has 0 aromatic heterocycles. The number of quaternary nitrogens is 1. The Morgan fingerprint density at radius 3 is 1.40 bits per heavy atom. The Kier molecular flexibility index (Phi) is 16.0. The number of alkyl halides is 1. The zero-order valence-electron chi connectivity index (χ0n) is 7.06. The van der Waals surface area contributed by atoms with Crippen LogP contribution in [0, 0.1) is 0 Å². The highest BCUT2D eigenvalue weighted by atomic mass is 35.5. The molecule has 0 bridgehead atoms. The van der Waals surface area contributed by atoms with Gasteiger partial charge in [-0.3, -0.25) is 0 Å². The van der Waals surface area contributed by atoms with E-state index >= 15 is 0 Å². The van der Waals surface area contributed by atoms with Crippen molar-refractivity contribution in [2.45, 2.75) is 6.92 Å². The Labute approximate surface area is 74.8 Å². The lowest BCUT2D eigenvalue weighted by Gasteiger charge is -2.19. The summed E-state index contributed by atoms with van der Waals surface area (Å²) in [6.07, 6.45) is 0. The van der Waals surface area contributed by atoms with Gasteiger partial charge in [0.1, 0.15) is 0 Å². The first-order valence-corrected chi connectivity index (χ1v) is 3.48. The van der Waals surface area contributed by atoms with E-state index in [9.17, 15) is 0 Å². The Morgan fingerprint density at radius 1 is 1.30 bits per heavy atom. The summed E-state index contributed by atoms with van der Waals surface area (Å²) in [4.78, 5) is 0. The van der Waals surface area contributed by atoms with E-state index in [0.29, 0.717) is 4.48 Å². The maximum Gasteiger partial charge on any atom is 0.179 e. The van der Waals surface area contributed by atoms with Crippen LogP contribution in [0.5, 0.6) is 0 Å². The second-order valence-electron chi connectivity index (χ2n) is 2.70. The van der Waals surface area contributed by atoms with Crippen LogP contribution in [0.3, 0.4) is 0 Å². The Morgan fingerprint density at radius 2 is 1.40 bits per heavy atom. The molecule has 0 unspecified atom stereocenters. The van der Waals surface area contributed by atoms with E-state index in [-0.39, 0.29) is 19.1 Å². The molecule has 0 saturated heterocycles. The predicted molar refractivity (Wildman–Crippen MR) is 41.5 cm³/mol. The molecule has 0 heterocycles. The normalized spacial score (nSPS) is 9.00. The van der Waals surface area contributed by atoms with E-state index < -0.39 is 0 Å². The summed E-state index contributed by atoms with van der Waals surface area (Å²) >= 11 is 5.00. The van der Waals surface area contributed by atoms with Gasteiger partial charge in [0.25, 0.3) is 0 Å². The summed E-state index contributed by atoms with van der Waals surface area (Å²) in [6.45, 7) is 2.10. The van der Waals surface area contributed by atoms with Gasteiger partial charge in [-0.1, -0.05) is 6.92 Å². The first-order chi connectivity index (χ1) is 3.97. The fraction of sp³-hybridized carbons (Fsp3) is 1.00. The van der Waals surface area contributed by atoms with Gasteiger partial charge in [0.15, 0.2) is 6.73 Å². The lowest BCUT2D eigenvalue weighted by atomic mass is 10.7. The highest BCUT2D eigenvalue weighted by Crippen LogP contribution is 1.81. The minimum Gasteiger partial charge on any atom is -1.00 e. The number of nitrogens with zero attached hydrogens (tertiary/aromatic N) is 1. The largest absolute Gasteiger partial charge is 1.00 e. The summed E-state index contributed by atoms with van der Waals surface area (Å²) < 4.78 is 0.625. The number of halogens is 2. The molecule has 0 aromatic rings. The zero-order valence-corrected chi connectivity index (χ0v) is 8.58. The van der Waals surface area contributed by atoms with E-state index in [2.05, 4.69) is 0 Å². The molecule has 66 valence electrons. The highest BCUT2D eigenvalue weighted by molar-refractivity contribution is 6.17. The fourth-order valence-electron chi connectivity index (χ4n) is 0. The summed E-state index contributed by atoms with van der Waals surface area (Å²) in [7, 11) is 5.79. The molecule has 0 atom stereocenters. The molecule has 0 amide bonds. The topological polar surface area (TPSA) is 20.2 Å². The van der Waals surface area contributed by atoms with Crippen LogP contribution in [0.25, 0.3) is 0 Å². The second kappa shape index (κ2) is 9.50. The Bertz CT molecular complexity index is 54.2. The zero-order chi connectivity index (χ0) is 7.91. The average molecular weight is 190 g/mol. The van der Waals surface area contributed by atoms with E-state index in [0.717, 1.165) is 5.88 Å². The summed E-state index contributed by atoms with van der Waals surface area (Å²) in [6, 6.07) is 0. The van der Waals surface area contributed by atoms with Crippen molar-refractivity contribution in [3.8, 4) is 0 Å². The third-order valence-electron chi connectivity index (χ3n) is 0.424. The summed E-state index contributed by atoms with van der Waals surface area (Å²) in [5.41, 5.74) is 0. The molecule has 1 N–H and O–H groups in total. The van der Waals surface area contributed by atoms with Crippen LogP contribution in [-0.4, -0.2) is 43.3 Å². The molecule has 0 radical (unpaired) electrons. The molecule has 0 spiro atoms. The molecule has 0 aliphatic carbocycles. The minimum absolute atomic E-state index is 0. The van der Waals surface area contributed by atoms with Crippen molar-refractivity contribution in [1.82, 2.24) is 0 Å². The van der Waals surface area contributed by atoms with E-state index in [4.69, 9.17) is 16.7 Å². The molecule has 0 aliphatic rings. The molecule has 0 saturated carbocycles. The molecular formula is C6H17Cl2NO. The second-order valence-corrected chi connectivity index (χ2v) is 3.23.